The van der Waals surface area contributed by atoms with E-state index >= 15 is 0 Å². The molecule has 0 unspecified atom stereocenters. The molecule has 2 aromatic heterocycles. The molecular weight excluding hydrogens is 270 g/mol. The van der Waals surface area contributed by atoms with E-state index in [4.69, 9.17) is 5.73 Å². The highest BCUT2D eigenvalue weighted by molar-refractivity contribution is 5.71. The molecule has 7 nitrogen and oxygen atoms in total. The van der Waals surface area contributed by atoms with Crippen LogP contribution in [0.3, 0.4) is 0 Å². The largest absolute Gasteiger partial charge is 0.332 e. The van der Waals surface area contributed by atoms with Gasteiger partial charge in [-0.3, -0.25) is 13.9 Å². The molecule has 21 heavy (non-hydrogen) atoms. The first-order valence-corrected chi connectivity index (χ1v) is 7.47. The number of unbranched alkanes of at least 4 members (excludes halogenated alkanes) is 1. The molecule has 116 valence electrons. The van der Waals surface area contributed by atoms with E-state index in [0.29, 0.717) is 37.3 Å². The second-order valence-corrected chi connectivity index (χ2v) is 5.05. The first-order chi connectivity index (χ1) is 10.1. The zero-order valence-corrected chi connectivity index (χ0v) is 12.9. The van der Waals surface area contributed by atoms with E-state index in [2.05, 4.69) is 4.98 Å². The molecule has 0 amide bonds. The molecule has 7 heteroatoms. The normalized spacial score (nSPS) is 11.4. The van der Waals surface area contributed by atoms with E-state index in [1.165, 1.54) is 4.57 Å². The lowest BCUT2D eigenvalue weighted by Gasteiger charge is -2.10. The summed E-state index contributed by atoms with van der Waals surface area (Å²) < 4.78 is 4.74. The average Bonchev–Trinajstić information content (AvgIpc) is 2.77. The maximum Gasteiger partial charge on any atom is 0.332 e. The minimum absolute atomic E-state index is 0.254. The summed E-state index contributed by atoms with van der Waals surface area (Å²) in [6.07, 6.45) is 1.79. The van der Waals surface area contributed by atoms with E-state index in [9.17, 15) is 9.59 Å². The van der Waals surface area contributed by atoms with Gasteiger partial charge in [-0.15, -0.1) is 0 Å². The second kappa shape index (κ2) is 6.26. The number of aryl methyl sites for hydroxylation is 3. The summed E-state index contributed by atoms with van der Waals surface area (Å²) in [6.45, 7) is 7.73. The lowest BCUT2D eigenvalue weighted by molar-refractivity contribution is 0.591. The van der Waals surface area contributed by atoms with Gasteiger partial charge in [-0.2, -0.15) is 0 Å². The van der Waals surface area contributed by atoms with E-state index in [1.807, 2.05) is 18.4 Å². The molecule has 0 aliphatic heterocycles. The van der Waals surface area contributed by atoms with Crippen LogP contribution in [0, 0.1) is 6.92 Å². The Hall–Kier alpha value is -1.89. The summed E-state index contributed by atoms with van der Waals surface area (Å²) in [5.74, 6) is 0.759. The van der Waals surface area contributed by atoms with E-state index < -0.39 is 0 Å². The van der Waals surface area contributed by atoms with Crippen molar-refractivity contribution >= 4 is 11.2 Å². The maximum atomic E-state index is 12.6. The smallest absolute Gasteiger partial charge is 0.330 e. The van der Waals surface area contributed by atoms with E-state index in [1.54, 1.807) is 11.5 Å². The molecule has 0 bridgehead atoms. The number of hydrogen-bond donors (Lipinski definition) is 1. The van der Waals surface area contributed by atoms with Crippen molar-refractivity contribution in [1.82, 2.24) is 18.7 Å². The van der Waals surface area contributed by atoms with Crippen LogP contribution in [0.25, 0.3) is 11.2 Å². The summed E-state index contributed by atoms with van der Waals surface area (Å²) in [5, 5.41) is 0. The Morgan fingerprint density at radius 1 is 1.05 bits per heavy atom. The second-order valence-electron chi connectivity index (χ2n) is 5.05. The van der Waals surface area contributed by atoms with Crippen LogP contribution in [0.2, 0.25) is 0 Å². The van der Waals surface area contributed by atoms with Crippen molar-refractivity contribution in [3.8, 4) is 0 Å². The minimum Gasteiger partial charge on any atom is -0.330 e. The summed E-state index contributed by atoms with van der Waals surface area (Å²) in [7, 11) is 0. The van der Waals surface area contributed by atoms with Gasteiger partial charge in [-0.25, -0.2) is 9.78 Å². The average molecular weight is 293 g/mol. The first-order valence-electron chi connectivity index (χ1n) is 7.47. The summed E-state index contributed by atoms with van der Waals surface area (Å²) >= 11 is 0. The monoisotopic (exact) mass is 293 g/mol. The van der Waals surface area contributed by atoms with Gasteiger partial charge in [0, 0.05) is 19.6 Å². The third-order valence-corrected chi connectivity index (χ3v) is 3.77. The highest BCUT2D eigenvalue weighted by Gasteiger charge is 2.18. The van der Waals surface area contributed by atoms with Crippen molar-refractivity contribution in [1.29, 1.82) is 0 Å². The van der Waals surface area contributed by atoms with Crippen LogP contribution in [0.1, 0.15) is 32.5 Å². The van der Waals surface area contributed by atoms with Gasteiger partial charge in [0.25, 0.3) is 5.56 Å². The lowest BCUT2D eigenvalue weighted by atomic mass is 10.3. The van der Waals surface area contributed by atoms with Crippen molar-refractivity contribution in [2.75, 3.05) is 6.54 Å². The van der Waals surface area contributed by atoms with Gasteiger partial charge < -0.3 is 10.3 Å². The number of hydrogen-bond acceptors (Lipinski definition) is 4. The molecule has 0 spiro atoms. The van der Waals surface area contributed by atoms with Gasteiger partial charge in [0.15, 0.2) is 11.2 Å². The fraction of sp³-hybridized carbons (Fsp3) is 0.643. The van der Waals surface area contributed by atoms with Crippen LogP contribution in [0.4, 0.5) is 0 Å². The Morgan fingerprint density at radius 2 is 1.71 bits per heavy atom. The zero-order chi connectivity index (χ0) is 15.6. The predicted octanol–water partition coefficient (Wildman–Crippen LogP) is 0.447. The Morgan fingerprint density at radius 3 is 2.29 bits per heavy atom. The molecule has 0 atom stereocenters. The minimum atomic E-state index is -0.288. The molecule has 0 aliphatic carbocycles. The number of nitrogens with two attached hydrogens (primary N) is 1. The molecular formula is C14H23N5O2. The van der Waals surface area contributed by atoms with Gasteiger partial charge in [-0.05, 0) is 40.2 Å². The summed E-state index contributed by atoms with van der Waals surface area (Å²) in [5.41, 5.74) is 5.99. The standard InChI is InChI=1S/C14H23N5O2/c1-4-17-12-11(13(20)18(5-2)14(17)21)19(10(3)16-12)9-7-6-8-15/h4-9,15H2,1-3H3. The molecule has 0 saturated carbocycles. The Labute approximate surface area is 123 Å². The van der Waals surface area contributed by atoms with Crippen molar-refractivity contribution in [2.45, 2.75) is 53.2 Å². The van der Waals surface area contributed by atoms with Crippen LogP contribution in [-0.2, 0) is 19.6 Å². The van der Waals surface area contributed by atoms with E-state index in [-0.39, 0.29) is 11.2 Å². The SMILES string of the molecule is CCn1c(=O)c2c(nc(C)n2CCCCN)n(CC)c1=O. The maximum absolute atomic E-state index is 12.6. The Balaban J connectivity index is 2.75. The number of nitrogens with zero attached hydrogens (tertiary/aromatic N) is 4. The summed E-state index contributed by atoms with van der Waals surface area (Å²) in [4.78, 5) is 29.3. The highest BCUT2D eigenvalue weighted by Crippen LogP contribution is 2.12. The first kappa shape index (κ1) is 15.5. The van der Waals surface area contributed by atoms with E-state index in [0.717, 1.165) is 18.7 Å². The van der Waals surface area contributed by atoms with Gasteiger partial charge in [0.2, 0.25) is 0 Å². The predicted molar refractivity (Wildman–Crippen MR) is 82.6 cm³/mol. The van der Waals surface area contributed by atoms with Gasteiger partial charge >= 0.3 is 5.69 Å². The van der Waals surface area contributed by atoms with Crippen molar-refractivity contribution in [3.63, 3.8) is 0 Å². The zero-order valence-electron chi connectivity index (χ0n) is 12.9. The van der Waals surface area contributed by atoms with Gasteiger partial charge in [0.05, 0.1) is 0 Å². The van der Waals surface area contributed by atoms with Crippen molar-refractivity contribution < 1.29 is 0 Å². The third-order valence-electron chi connectivity index (χ3n) is 3.77. The third kappa shape index (κ3) is 2.53. The van der Waals surface area contributed by atoms with Crippen LogP contribution in [0.5, 0.6) is 0 Å². The molecule has 2 aromatic rings. The van der Waals surface area contributed by atoms with Crippen molar-refractivity contribution in [3.05, 3.63) is 26.7 Å². The van der Waals surface area contributed by atoms with Gasteiger partial charge in [-0.1, -0.05) is 0 Å². The summed E-state index contributed by atoms with van der Waals surface area (Å²) in [6, 6.07) is 0. The fourth-order valence-electron chi connectivity index (χ4n) is 2.65. The molecule has 0 aromatic carbocycles. The van der Waals surface area contributed by atoms with Crippen LogP contribution in [0.15, 0.2) is 9.59 Å². The number of fused-ring (bicyclic) bond motifs is 1. The number of imidazole rings is 1. The number of rotatable bonds is 6. The number of aromatic nitrogens is 4. The molecule has 0 saturated heterocycles. The molecule has 0 fully saturated rings. The van der Waals surface area contributed by atoms with Gasteiger partial charge in [0.1, 0.15) is 5.82 Å². The molecule has 0 aliphatic rings. The topological polar surface area (TPSA) is 87.8 Å². The molecule has 0 radical (unpaired) electrons. The lowest BCUT2D eigenvalue weighted by Crippen LogP contribution is -2.40. The van der Waals surface area contributed by atoms with Crippen LogP contribution < -0.4 is 17.0 Å². The molecule has 2 rings (SSSR count). The highest BCUT2D eigenvalue weighted by atomic mass is 16.2. The molecule has 2 heterocycles. The van der Waals surface area contributed by atoms with Crippen LogP contribution >= 0.6 is 0 Å². The Kier molecular flexibility index (Phi) is 4.62. The van der Waals surface area contributed by atoms with Crippen LogP contribution in [-0.4, -0.2) is 25.2 Å². The Bertz CT molecular complexity index is 753. The fourth-order valence-corrected chi connectivity index (χ4v) is 2.65. The molecule has 2 N–H and O–H groups in total. The quantitative estimate of drug-likeness (QED) is 0.783. The van der Waals surface area contributed by atoms with Crippen molar-refractivity contribution in [2.24, 2.45) is 5.73 Å².